The van der Waals surface area contributed by atoms with Gasteiger partial charge in [0.15, 0.2) is 0 Å². The molecule has 0 bridgehead atoms. The Kier molecular flexibility index (Phi) is 4.82. The lowest BCUT2D eigenvalue weighted by Crippen LogP contribution is -2.54. The van der Waals surface area contributed by atoms with Crippen LogP contribution in [0.4, 0.5) is 0 Å². The smallest absolute Gasteiger partial charge is 0.0545 e. The van der Waals surface area contributed by atoms with Gasteiger partial charge in [-0.3, -0.25) is 4.99 Å². The molecule has 9 atom stereocenters. The largest absolute Gasteiger partial charge is 0.393 e. The monoisotopic (exact) mass is 359 g/mol. The fraction of sp³-hybridized carbons (Fsp3) is 0.958. The van der Waals surface area contributed by atoms with Gasteiger partial charge in [0.1, 0.15) is 0 Å². The second-order valence-electron chi connectivity index (χ2n) is 11.1. The second kappa shape index (κ2) is 6.61. The molecule has 26 heavy (non-hydrogen) atoms. The van der Waals surface area contributed by atoms with Crippen molar-refractivity contribution in [3.05, 3.63) is 0 Å². The summed E-state index contributed by atoms with van der Waals surface area (Å²) in [6.45, 7) is 11.5. The van der Waals surface area contributed by atoms with E-state index in [0.29, 0.717) is 22.8 Å². The van der Waals surface area contributed by atoms with E-state index in [4.69, 9.17) is 4.99 Å². The Labute approximate surface area is 161 Å². The minimum absolute atomic E-state index is 0.126. The third-order valence-electron chi connectivity index (χ3n) is 9.73. The molecule has 0 radical (unpaired) electrons. The van der Waals surface area contributed by atoms with Crippen molar-refractivity contribution in [2.75, 3.05) is 0 Å². The fourth-order valence-electron chi connectivity index (χ4n) is 8.55. The number of hydrogen-bond donors (Lipinski definition) is 1. The van der Waals surface area contributed by atoms with Crippen LogP contribution in [-0.2, 0) is 0 Å². The Morgan fingerprint density at radius 2 is 1.62 bits per heavy atom. The van der Waals surface area contributed by atoms with Gasteiger partial charge in [0.05, 0.1) is 12.1 Å². The number of nitrogens with zero attached hydrogens (tertiary/aromatic N) is 1. The molecule has 9 unspecified atom stereocenters. The van der Waals surface area contributed by atoms with Crippen molar-refractivity contribution in [3.63, 3.8) is 0 Å². The lowest BCUT2D eigenvalue weighted by Gasteiger charge is -2.61. The van der Waals surface area contributed by atoms with Crippen molar-refractivity contribution in [2.24, 2.45) is 45.4 Å². The minimum Gasteiger partial charge on any atom is -0.393 e. The highest BCUT2D eigenvalue weighted by atomic mass is 16.3. The van der Waals surface area contributed by atoms with E-state index in [9.17, 15) is 5.11 Å². The average molecular weight is 360 g/mol. The molecule has 2 heteroatoms. The molecule has 0 saturated heterocycles. The van der Waals surface area contributed by atoms with Gasteiger partial charge in [0.2, 0.25) is 0 Å². The average Bonchev–Trinajstić information content (AvgIpc) is 2.92. The summed E-state index contributed by atoms with van der Waals surface area (Å²) in [5, 5.41) is 10.4. The molecule has 0 heterocycles. The van der Waals surface area contributed by atoms with E-state index >= 15 is 0 Å². The summed E-state index contributed by atoms with van der Waals surface area (Å²) in [5.41, 5.74) is 2.22. The van der Waals surface area contributed by atoms with Gasteiger partial charge < -0.3 is 5.11 Å². The molecule has 2 nitrogen and oxygen atoms in total. The van der Waals surface area contributed by atoms with Crippen molar-refractivity contribution in [3.8, 4) is 0 Å². The van der Waals surface area contributed by atoms with E-state index in [2.05, 4.69) is 27.7 Å². The van der Waals surface area contributed by atoms with Crippen LogP contribution in [-0.4, -0.2) is 23.0 Å². The minimum atomic E-state index is -0.126. The molecule has 1 N–H and O–H groups in total. The van der Waals surface area contributed by atoms with Gasteiger partial charge in [-0.25, -0.2) is 0 Å². The molecule has 0 aromatic rings. The van der Waals surface area contributed by atoms with Gasteiger partial charge in [0, 0.05) is 5.71 Å². The van der Waals surface area contributed by atoms with Crippen LogP contribution in [0.1, 0.15) is 92.4 Å². The zero-order valence-corrected chi connectivity index (χ0v) is 17.8. The highest BCUT2D eigenvalue weighted by Crippen LogP contribution is 2.67. The van der Waals surface area contributed by atoms with Crippen LogP contribution in [0.25, 0.3) is 0 Å². The summed E-state index contributed by atoms with van der Waals surface area (Å²) in [4.78, 5) is 4.94. The first kappa shape index (κ1) is 19.0. The highest BCUT2D eigenvalue weighted by Gasteiger charge is 2.60. The summed E-state index contributed by atoms with van der Waals surface area (Å²) in [7, 11) is 0. The molecule has 4 saturated carbocycles. The van der Waals surface area contributed by atoms with Gasteiger partial charge in [-0.2, -0.15) is 0 Å². The van der Waals surface area contributed by atoms with E-state index in [1.165, 1.54) is 63.5 Å². The van der Waals surface area contributed by atoms with Gasteiger partial charge in [-0.15, -0.1) is 0 Å². The van der Waals surface area contributed by atoms with Gasteiger partial charge in [-0.05, 0) is 119 Å². The van der Waals surface area contributed by atoms with Crippen molar-refractivity contribution in [2.45, 2.75) is 105 Å². The van der Waals surface area contributed by atoms with E-state index < -0.39 is 0 Å². The first-order chi connectivity index (χ1) is 12.3. The molecule has 0 spiro atoms. The van der Waals surface area contributed by atoms with Crippen molar-refractivity contribution in [1.29, 1.82) is 0 Å². The normalized spacial score (nSPS) is 51.8. The number of aliphatic hydroxyl groups excluding tert-OH is 1. The predicted molar refractivity (Wildman–Crippen MR) is 109 cm³/mol. The van der Waals surface area contributed by atoms with Crippen LogP contribution in [0.5, 0.6) is 0 Å². The SMILES string of the molecule is CC(C)=NC1CCC2(C)C(CCC3C2CCC2(C)C(C(C)O)CCC32)C1. The zero-order valence-electron chi connectivity index (χ0n) is 17.8. The molecule has 148 valence electrons. The second-order valence-corrected chi connectivity index (χ2v) is 11.1. The fourth-order valence-corrected chi connectivity index (χ4v) is 8.55. The van der Waals surface area contributed by atoms with Gasteiger partial charge in [-0.1, -0.05) is 13.8 Å². The third-order valence-corrected chi connectivity index (χ3v) is 9.73. The molecule has 0 aliphatic heterocycles. The highest BCUT2D eigenvalue weighted by molar-refractivity contribution is 5.79. The molecular weight excluding hydrogens is 318 g/mol. The van der Waals surface area contributed by atoms with Crippen LogP contribution in [0.3, 0.4) is 0 Å². The first-order valence-corrected chi connectivity index (χ1v) is 11.4. The standard InChI is InChI=1S/C24H41NO/c1-15(2)25-18-10-12-23(4)17(14-18)6-7-19-21-9-8-20(16(3)26)24(21,5)13-11-22(19)23/h16-22,26H,6-14H2,1-5H3. The molecular formula is C24H41NO. The quantitative estimate of drug-likeness (QED) is 0.614. The number of fused-ring (bicyclic) bond motifs is 5. The number of hydrogen-bond acceptors (Lipinski definition) is 2. The van der Waals surface area contributed by atoms with Crippen molar-refractivity contribution < 1.29 is 5.11 Å². The van der Waals surface area contributed by atoms with Crippen LogP contribution >= 0.6 is 0 Å². The number of aliphatic imine (C=N–C) groups is 1. The van der Waals surface area contributed by atoms with Crippen molar-refractivity contribution in [1.82, 2.24) is 0 Å². The van der Waals surface area contributed by atoms with Gasteiger partial charge in [0.25, 0.3) is 0 Å². The van der Waals surface area contributed by atoms with Crippen LogP contribution in [0.15, 0.2) is 4.99 Å². The summed E-state index contributed by atoms with van der Waals surface area (Å²) in [6, 6.07) is 0.592. The Morgan fingerprint density at radius 1 is 0.923 bits per heavy atom. The molecule has 4 rings (SSSR count). The van der Waals surface area contributed by atoms with E-state index in [1.54, 1.807) is 0 Å². The predicted octanol–water partition coefficient (Wildman–Crippen LogP) is 5.88. The summed E-state index contributed by atoms with van der Waals surface area (Å²) >= 11 is 0. The van der Waals surface area contributed by atoms with E-state index in [0.717, 1.165) is 23.7 Å². The molecule has 0 aromatic heterocycles. The van der Waals surface area contributed by atoms with Crippen LogP contribution in [0.2, 0.25) is 0 Å². The summed E-state index contributed by atoms with van der Waals surface area (Å²) in [6.07, 6.45) is 12.2. The third kappa shape index (κ3) is 2.81. The van der Waals surface area contributed by atoms with E-state index in [1.807, 2.05) is 6.92 Å². The molecule has 4 aliphatic carbocycles. The Morgan fingerprint density at radius 3 is 2.31 bits per heavy atom. The van der Waals surface area contributed by atoms with Gasteiger partial charge >= 0.3 is 0 Å². The van der Waals surface area contributed by atoms with E-state index in [-0.39, 0.29) is 6.10 Å². The lowest BCUT2D eigenvalue weighted by atomic mass is 9.44. The molecule has 4 fully saturated rings. The topological polar surface area (TPSA) is 32.6 Å². The number of rotatable bonds is 2. The summed E-state index contributed by atoms with van der Waals surface area (Å²) < 4.78 is 0. The van der Waals surface area contributed by atoms with Crippen molar-refractivity contribution >= 4 is 5.71 Å². The maximum atomic E-state index is 10.4. The maximum Gasteiger partial charge on any atom is 0.0545 e. The Hall–Kier alpha value is -0.370. The molecule has 4 aliphatic rings. The lowest BCUT2D eigenvalue weighted by molar-refractivity contribution is -0.120. The zero-order chi connectivity index (χ0) is 18.7. The summed E-state index contributed by atoms with van der Waals surface area (Å²) in [5.74, 6) is 4.15. The number of aliphatic hydroxyl groups is 1. The molecule has 0 aromatic carbocycles. The Balaban J connectivity index is 1.55. The van der Waals surface area contributed by atoms with Crippen LogP contribution < -0.4 is 0 Å². The molecule has 0 amide bonds. The Bertz CT molecular complexity index is 565. The maximum absolute atomic E-state index is 10.4. The van der Waals surface area contributed by atoms with Crippen LogP contribution in [0, 0.1) is 40.4 Å². The first-order valence-electron chi connectivity index (χ1n) is 11.4.